The van der Waals surface area contributed by atoms with E-state index in [0.29, 0.717) is 0 Å². The maximum absolute atomic E-state index is 12.4. The summed E-state index contributed by atoms with van der Waals surface area (Å²) in [5.74, 6) is -2.05. The second-order valence-corrected chi connectivity index (χ2v) is 7.02. The third-order valence-electron chi connectivity index (χ3n) is 3.28. The lowest BCUT2D eigenvalue weighted by atomic mass is 10.1. The van der Waals surface area contributed by atoms with Crippen LogP contribution in [0.5, 0.6) is 0 Å². The Balaban J connectivity index is 2.75. The summed E-state index contributed by atoms with van der Waals surface area (Å²) in [6.07, 6.45) is -1.77. The summed E-state index contributed by atoms with van der Waals surface area (Å²) >= 11 is 0. The summed E-state index contributed by atoms with van der Waals surface area (Å²) in [6.45, 7) is 6.75. The third-order valence-corrected chi connectivity index (χ3v) is 3.28. The zero-order valence-corrected chi connectivity index (χ0v) is 16.7. The number of benzene rings is 1. The molecular weight excluding hydrogens is 366 g/mol. The maximum atomic E-state index is 12.4. The molecule has 0 radical (unpaired) electrons. The average Bonchev–Trinajstić information content (AvgIpc) is 2.58. The van der Waals surface area contributed by atoms with E-state index in [4.69, 9.17) is 14.2 Å². The van der Waals surface area contributed by atoms with E-state index in [1.54, 1.807) is 52.0 Å². The van der Waals surface area contributed by atoms with Gasteiger partial charge in [0.15, 0.2) is 0 Å². The van der Waals surface area contributed by atoms with Crippen molar-refractivity contribution in [1.82, 2.24) is 5.32 Å². The van der Waals surface area contributed by atoms with Crippen molar-refractivity contribution in [2.75, 3.05) is 6.61 Å². The Morgan fingerprint density at radius 3 is 2.25 bits per heavy atom. The number of ether oxygens (including phenoxy) is 3. The molecule has 0 bridgehead atoms. The molecule has 8 nitrogen and oxygen atoms in total. The number of hydrogen-bond donors (Lipinski definition) is 1. The van der Waals surface area contributed by atoms with Crippen LogP contribution in [0.25, 0.3) is 0 Å². The zero-order chi connectivity index (χ0) is 21.2. The number of rotatable bonds is 9. The summed E-state index contributed by atoms with van der Waals surface area (Å²) < 4.78 is 15.0. The van der Waals surface area contributed by atoms with Gasteiger partial charge in [-0.05, 0) is 33.3 Å². The number of amides is 1. The van der Waals surface area contributed by atoms with Gasteiger partial charge < -0.3 is 19.5 Å². The first kappa shape index (κ1) is 23.1. The minimum Gasteiger partial charge on any atom is -0.466 e. The van der Waals surface area contributed by atoms with Crippen LogP contribution in [0.4, 0.5) is 4.79 Å². The molecule has 0 heterocycles. The van der Waals surface area contributed by atoms with E-state index in [2.05, 4.69) is 5.32 Å². The number of nitrogens with one attached hydrogen (secondary N) is 1. The Hall–Kier alpha value is -2.90. The van der Waals surface area contributed by atoms with E-state index >= 15 is 0 Å². The van der Waals surface area contributed by atoms with Gasteiger partial charge in [-0.3, -0.25) is 9.59 Å². The third kappa shape index (κ3) is 9.70. The first-order valence-corrected chi connectivity index (χ1v) is 8.98. The molecule has 8 heteroatoms. The first-order valence-electron chi connectivity index (χ1n) is 8.98. The molecule has 0 spiro atoms. The van der Waals surface area contributed by atoms with Crippen molar-refractivity contribution in [2.45, 2.75) is 58.8 Å². The molecule has 0 fully saturated rings. The molecule has 154 valence electrons. The largest absolute Gasteiger partial charge is 0.466 e. The number of hydrogen-bond acceptors (Lipinski definition) is 7. The van der Waals surface area contributed by atoms with Crippen LogP contribution in [0.1, 0.15) is 46.1 Å². The van der Waals surface area contributed by atoms with E-state index in [0.717, 1.165) is 5.56 Å². The van der Waals surface area contributed by atoms with Gasteiger partial charge in [-0.25, -0.2) is 9.59 Å². The van der Waals surface area contributed by atoms with Crippen molar-refractivity contribution in [3.8, 4) is 0 Å². The number of carbonyl (C=O) groups is 4. The van der Waals surface area contributed by atoms with Gasteiger partial charge in [0.2, 0.25) is 0 Å². The fourth-order valence-electron chi connectivity index (χ4n) is 2.15. The molecule has 1 atom stereocenters. The van der Waals surface area contributed by atoms with Gasteiger partial charge in [-0.2, -0.15) is 0 Å². The Kier molecular flexibility index (Phi) is 9.14. The molecule has 0 aliphatic rings. The minimum absolute atomic E-state index is 0.0156. The topological polar surface area (TPSA) is 108 Å². The van der Waals surface area contributed by atoms with E-state index in [1.165, 1.54) is 0 Å². The lowest BCUT2D eigenvalue weighted by Gasteiger charge is -2.22. The van der Waals surface area contributed by atoms with E-state index in [1.807, 2.05) is 6.07 Å². The maximum Gasteiger partial charge on any atom is 0.408 e. The summed E-state index contributed by atoms with van der Waals surface area (Å²) in [7, 11) is 0. The predicted octanol–water partition coefficient (Wildman–Crippen LogP) is 2.54. The number of carbonyl (C=O) groups excluding carboxylic acids is 4. The number of esters is 2. The first-order chi connectivity index (χ1) is 13.1. The average molecular weight is 393 g/mol. The van der Waals surface area contributed by atoms with Crippen LogP contribution in [0.3, 0.4) is 0 Å². The van der Waals surface area contributed by atoms with Crippen LogP contribution in [0.15, 0.2) is 30.3 Å². The van der Waals surface area contributed by atoms with Crippen molar-refractivity contribution in [3.63, 3.8) is 0 Å². The Labute approximate surface area is 164 Å². The van der Waals surface area contributed by atoms with Crippen molar-refractivity contribution in [1.29, 1.82) is 0 Å². The molecule has 1 aromatic rings. The molecule has 1 rings (SSSR count). The van der Waals surface area contributed by atoms with Crippen molar-refractivity contribution in [2.24, 2.45) is 0 Å². The van der Waals surface area contributed by atoms with E-state index in [9.17, 15) is 19.2 Å². The lowest BCUT2D eigenvalue weighted by molar-refractivity contribution is -0.150. The zero-order valence-electron chi connectivity index (χ0n) is 16.7. The summed E-state index contributed by atoms with van der Waals surface area (Å²) in [5, 5.41) is 2.34. The lowest BCUT2D eigenvalue weighted by Crippen LogP contribution is -2.45. The number of alkyl carbamates (subject to hydrolysis) is 1. The van der Waals surface area contributed by atoms with Gasteiger partial charge in [0.1, 0.15) is 30.5 Å². The molecule has 1 amide bonds. The van der Waals surface area contributed by atoms with Crippen LogP contribution in [-0.4, -0.2) is 42.1 Å². The van der Waals surface area contributed by atoms with Gasteiger partial charge in [-0.15, -0.1) is 0 Å². The smallest absolute Gasteiger partial charge is 0.408 e. The molecular formula is C20H27NO7. The predicted molar refractivity (Wildman–Crippen MR) is 100 cm³/mol. The normalized spacial score (nSPS) is 11.9. The van der Waals surface area contributed by atoms with Crippen molar-refractivity contribution >= 4 is 23.8 Å². The molecule has 0 saturated heterocycles. The molecule has 1 aromatic carbocycles. The summed E-state index contributed by atoms with van der Waals surface area (Å²) in [5.41, 5.74) is -0.0259. The van der Waals surface area contributed by atoms with Crippen LogP contribution in [0.2, 0.25) is 0 Å². The molecule has 1 N–H and O–H groups in total. The van der Waals surface area contributed by atoms with Gasteiger partial charge in [-0.1, -0.05) is 30.3 Å². The second-order valence-electron chi connectivity index (χ2n) is 7.02. The highest BCUT2D eigenvalue weighted by atomic mass is 16.6. The second kappa shape index (κ2) is 11.1. The fourth-order valence-corrected chi connectivity index (χ4v) is 2.15. The molecule has 0 aliphatic carbocycles. The fraction of sp³-hybridized carbons (Fsp3) is 0.500. The highest BCUT2D eigenvalue weighted by molar-refractivity contribution is 5.98. The van der Waals surface area contributed by atoms with Crippen LogP contribution < -0.4 is 5.32 Å². The number of ketones is 1. The highest BCUT2D eigenvalue weighted by Crippen LogP contribution is 2.09. The standard InChI is InChI=1S/C20H27NO7/c1-5-26-17(23)12-15(22)11-16(21-19(25)28-20(2,3)4)18(24)27-13-14-9-7-6-8-10-14/h6-10,16H,5,11-13H2,1-4H3,(H,21,25). The molecule has 0 aliphatic heterocycles. The molecule has 0 saturated carbocycles. The number of Topliss-reactive ketones (excluding diaryl/α,β-unsaturated/α-hetero) is 1. The Morgan fingerprint density at radius 1 is 1.04 bits per heavy atom. The van der Waals surface area contributed by atoms with E-state index < -0.39 is 48.3 Å². The van der Waals surface area contributed by atoms with Crippen molar-refractivity contribution < 1.29 is 33.4 Å². The monoisotopic (exact) mass is 393 g/mol. The summed E-state index contributed by atoms with van der Waals surface area (Å²) in [6, 6.07) is 7.68. The molecule has 1 unspecified atom stereocenters. The minimum atomic E-state index is -1.28. The summed E-state index contributed by atoms with van der Waals surface area (Å²) in [4.78, 5) is 48.0. The van der Waals surface area contributed by atoms with Gasteiger partial charge in [0.05, 0.1) is 6.61 Å². The Bertz CT molecular complexity index is 680. The highest BCUT2D eigenvalue weighted by Gasteiger charge is 2.28. The van der Waals surface area contributed by atoms with Crippen LogP contribution in [-0.2, 0) is 35.2 Å². The quantitative estimate of drug-likeness (QED) is 0.390. The van der Waals surface area contributed by atoms with Gasteiger partial charge in [0, 0.05) is 6.42 Å². The Morgan fingerprint density at radius 2 is 1.68 bits per heavy atom. The molecule has 28 heavy (non-hydrogen) atoms. The van der Waals surface area contributed by atoms with E-state index in [-0.39, 0.29) is 13.2 Å². The molecule has 0 aromatic heterocycles. The SMILES string of the molecule is CCOC(=O)CC(=O)CC(NC(=O)OC(C)(C)C)C(=O)OCc1ccccc1. The van der Waals surface area contributed by atoms with Gasteiger partial charge in [0.25, 0.3) is 0 Å². The van der Waals surface area contributed by atoms with Crippen LogP contribution >= 0.6 is 0 Å². The van der Waals surface area contributed by atoms with Crippen LogP contribution in [0, 0.1) is 0 Å². The van der Waals surface area contributed by atoms with Gasteiger partial charge >= 0.3 is 18.0 Å². The van der Waals surface area contributed by atoms with Crippen molar-refractivity contribution in [3.05, 3.63) is 35.9 Å².